The van der Waals surface area contributed by atoms with Crippen molar-refractivity contribution < 1.29 is 24.2 Å². The number of benzene rings is 2. The number of carboxylic acid groups (broad SMARTS) is 1. The molecule has 0 saturated heterocycles. The fourth-order valence-corrected chi connectivity index (χ4v) is 3.37. The van der Waals surface area contributed by atoms with Crippen LogP contribution in [-0.4, -0.2) is 50.5 Å². The highest BCUT2D eigenvalue weighted by atomic mass is 16.5. The molecule has 1 aromatic heterocycles. The molecule has 9 heteroatoms. The average Bonchev–Trinajstić information content (AvgIpc) is 3.18. The second-order valence-corrected chi connectivity index (χ2v) is 8.21. The van der Waals surface area contributed by atoms with Crippen LogP contribution in [0.15, 0.2) is 36.4 Å². The molecule has 2 aromatic carbocycles. The number of rotatable bonds is 5. The van der Waals surface area contributed by atoms with Gasteiger partial charge in [0.25, 0.3) is 5.91 Å². The zero-order chi connectivity index (χ0) is 23.6. The Morgan fingerprint density at radius 2 is 1.91 bits per heavy atom. The molecule has 0 aliphatic heterocycles. The van der Waals surface area contributed by atoms with E-state index in [1.54, 1.807) is 46.1 Å². The molecular formula is C23H26N4O5. The maximum Gasteiger partial charge on any atom is 0.335 e. The summed E-state index contributed by atoms with van der Waals surface area (Å²) in [4.78, 5) is 44.8. The molecule has 3 aromatic rings. The number of fused-ring (bicyclic) bond motifs is 1. The molecule has 2 amide bonds. The van der Waals surface area contributed by atoms with Crippen LogP contribution in [0.5, 0.6) is 5.75 Å². The number of H-pyrrole nitrogens is 1. The number of hydrogen-bond donors (Lipinski definition) is 3. The largest absolute Gasteiger partial charge is 0.496 e. The van der Waals surface area contributed by atoms with Crippen molar-refractivity contribution in [2.24, 2.45) is 0 Å². The Hall–Kier alpha value is -3.88. The van der Waals surface area contributed by atoms with Gasteiger partial charge >= 0.3 is 11.9 Å². The molecule has 32 heavy (non-hydrogen) atoms. The van der Waals surface area contributed by atoms with Gasteiger partial charge in [0.15, 0.2) is 5.82 Å². The van der Waals surface area contributed by atoms with Gasteiger partial charge in [0.1, 0.15) is 5.75 Å². The Balaban J connectivity index is 1.96. The molecule has 0 saturated carbocycles. The lowest BCUT2D eigenvalue weighted by Gasteiger charge is -2.35. The number of aromatic carboxylic acids is 1. The van der Waals surface area contributed by atoms with E-state index in [1.807, 2.05) is 6.92 Å². The van der Waals surface area contributed by atoms with Crippen molar-refractivity contribution in [2.75, 3.05) is 7.11 Å². The van der Waals surface area contributed by atoms with Crippen LogP contribution in [-0.2, 0) is 6.42 Å². The van der Waals surface area contributed by atoms with Gasteiger partial charge < -0.3 is 14.8 Å². The number of nitrogens with zero attached hydrogens (tertiary/aromatic N) is 2. The van der Waals surface area contributed by atoms with Crippen LogP contribution in [0.3, 0.4) is 0 Å². The standard InChI is InChI=1S/C23H26N4O5/c1-6-14-15(8-7-9-18(14)32-5)20(28)26-27(23(2,3)4)21(29)19-24-16-11-10-13(22(30)31)12-17(16)25-19/h7-12H,6H2,1-5H3,(H,24,25)(H,26,28)(H,30,31). The molecule has 0 aliphatic rings. The fourth-order valence-electron chi connectivity index (χ4n) is 3.37. The van der Waals surface area contributed by atoms with E-state index in [0.29, 0.717) is 28.8 Å². The number of carbonyl (C=O) groups excluding carboxylic acids is 2. The second-order valence-electron chi connectivity index (χ2n) is 8.21. The van der Waals surface area contributed by atoms with Gasteiger partial charge in [0, 0.05) is 11.1 Å². The van der Waals surface area contributed by atoms with Crippen LogP contribution in [0, 0.1) is 0 Å². The van der Waals surface area contributed by atoms with E-state index >= 15 is 0 Å². The van der Waals surface area contributed by atoms with E-state index in [-0.39, 0.29) is 11.4 Å². The van der Waals surface area contributed by atoms with Gasteiger partial charge in [-0.2, -0.15) is 0 Å². The number of nitrogens with one attached hydrogen (secondary N) is 2. The minimum atomic E-state index is -1.08. The van der Waals surface area contributed by atoms with Crippen molar-refractivity contribution in [1.29, 1.82) is 0 Å². The molecule has 3 N–H and O–H groups in total. The van der Waals surface area contributed by atoms with Crippen LogP contribution >= 0.6 is 0 Å². The highest BCUT2D eigenvalue weighted by molar-refractivity contribution is 6.00. The molecule has 168 valence electrons. The predicted octanol–water partition coefficient (Wildman–Crippen LogP) is 3.42. The second kappa shape index (κ2) is 8.70. The summed E-state index contributed by atoms with van der Waals surface area (Å²) in [6, 6.07) is 9.52. The first-order valence-electron chi connectivity index (χ1n) is 10.1. The monoisotopic (exact) mass is 438 g/mol. The fraction of sp³-hybridized carbons (Fsp3) is 0.304. The van der Waals surface area contributed by atoms with Crippen LogP contribution in [0.2, 0.25) is 0 Å². The number of carboxylic acids is 1. The van der Waals surface area contributed by atoms with Crippen molar-refractivity contribution >= 4 is 28.8 Å². The predicted molar refractivity (Wildman–Crippen MR) is 119 cm³/mol. The summed E-state index contributed by atoms with van der Waals surface area (Å²) in [6.45, 7) is 7.26. The van der Waals surface area contributed by atoms with Crippen molar-refractivity contribution in [2.45, 2.75) is 39.7 Å². The van der Waals surface area contributed by atoms with E-state index < -0.39 is 23.3 Å². The van der Waals surface area contributed by atoms with Gasteiger partial charge in [-0.3, -0.25) is 15.0 Å². The SMILES string of the molecule is CCc1c(OC)cccc1C(=O)NN(C(=O)c1nc2ccc(C(=O)O)cc2[nH]1)C(C)(C)C. The minimum absolute atomic E-state index is 0.0147. The van der Waals surface area contributed by atoms with Crippen molar-refractivity contribution in [1.82, 2.24) is 20.4 Å². The third kappa shape index (κ3) is 4.41. The highest BCUT2D eigenvalue weighted by Gasteiger charge is 2.32. The normalized spacial score (nSPS) is 11.3. The molecule has 3 rings (SSSR count). The minimum Gasteiger partial charge on any atom is -0.496 e. The summed E-state index contributed by atoms with van der Waals surface area (Å²) in [6.07, 6.45) is 0.575. The molecule has 0 radical (unpaired) electrons. The van der Waals surface area contributed by atoms with Crippen molar-refractivity contribution in [3.05, 3.63) is 58.9 Å². The Bertz CT molecular complexity index is 1190. The first-order valence-corrected chi connectivity index (χ1v) is 10.1. The highest BCUT2D eigenvalue weighted by Crippen LogP contribution is 2.24. The number of hydrogen-bond acceptors (Lipinski definition) is 5. The average molecular weight is 438 g/mol. The molecule has 0 fully saturated rings. The van der Waals surface area contributed by atoms with E-state index in [0.717, 1.165) is 5.56 Å². The number of methoxy groups -OCH3 is 1. The summed E-state index contributed by atoms with van der Waals surface area (Å²) < 4.78 is 5.36. The summed E-state index contributed by atoms with van der Waals surface area (Å²) in [5, 5.41) is 10.4. The van der Waals surface area contributed by atoms with Crippen molar-refractivity contribution in [3.8, 4) is 5.75 Å². The summed E-state index contributed by atoms with van der Waals surface area (Å²) >= 11 is 0. The van der Waals surface area contributed by atoms with Crippen LogP contribution in [0.25, 0.3) is 11.0 Å². The quantitative estimate of drug-likeness (QED) is 0.524. The molecule has 0 spiro atoms. The first-order chi connectivity index (χ1) is 15.1. The number of imidazole rings is 1. The van der Waals surface area contributed by atoms with E-state index in [4.69, 9.17) is 4.74 Å². The summed E-state index contributed by atoms with van der Waals surface area (Å²) in [5.74, 6) is -1.50. The number of ether oxygens (including phenoxy) is 1. The number of carbonyl (C=O) groups is 3. The molecule has 0 bridgehead atoms. The lowest BCUT2D eigenvalue weighted by molar-refractivity contribution is 0.0349. The van der Waals surface area contributed by atoms with Gasteiger partial charge in [-0.05, 0) is 57.5 Å². The number of amides is 2. The van der Waals surface area contributed by atoms with E-state index in [1.165, 1.54) is 23.2 Å². The van der Waals surface area contributed by atoms with Gasteiger partial charge in [0.2, 0.25) is 0 Å². The Morgan fingerprint density at radius 1 is 1.19 bits per heavy atom. The lowest BCUT2D eigenvalue weighted by Crippen LogP contribution is -2.56. The third-order valence-corrected chi connectivity index (χ3v) is 4.97. The zero-order valence-electron chi connectivity index (χ0n) is 18.6. The number of hydrazine groups is 1. The molecule has 1 heterocycles. The molecular weight excluding hydrogens is 412 g/mol. The summed E-state index contributed by atoms with van der Waals surface area (Å²) in [7, 11) is 1.54. The van der Waals surface area contributed by atoms with Gasteiger partial charge in [-0.1, -0.05) is 13.0 Å². The van der Waals surface area contributed by atoms with Gasteiger partial charge in [0.05, 0.1) is 29.2 Å². The molecule has 9 nitrogen and oxygen atoms in total. The van der Waals surface area contributed by atoms with Crippen LogP contribution in [0.4, 0.5) is 0 Å². The Labute approximate surface area is 185 Å². The Morgan fingerprint density at radius 3 is 2.50 bits per heavy atom. The molecule has 0 aliphatic carbocycles. The van der Waals surface area contributed by atoms with Gasteiger partial charge in [-0.25, -0.2) is 14.8 Å². The number of aromatic amines is 1. The number of aromatic nitrogens is 2. The van der Waals surface area contributed by atoms with Crippen LogP contribution < -0.4 is 10.2 Å². The molecule has 0 atom stereocenters. The van der Waals surface area contributed by atoms with Gasteiger partial charge in [-0.15, -0.1) is 0 Å². The third-order valence-electron chi connectivity index (χ3n) is 4.97. The molecule has 0 unspecified atom stereocenters. The first kappa shape index (κ1) is 22.8. The Kier molecular flexibility index (Phi) is 6.20. The van der Waals surface area contributed by atoms with Crippen molar-refractivity contribution in [3.63, 3.8) is 0 Å². The van der Waals surface area contributed by atoms with E-state index in [2.05, 4.69) is 15.4 Å². The lowest BCUT2D eigenvalue weighted by atomic mass is 10.0. The van der Waals surface area contributed by atoms with Crippen LogP contribution in [0.1, 0.15) is 64.6 Å². The topological polar surface area (TPSA) is 125 Å². The van der Waals surface area contributed by atoms with E-state index in [9.17, 15) is 19.5 Å². The zero-order valence-corrected chi connectivity index (χ0v) is 18.6. The summed E-state index contributed by atoms with van der Waals surface area (Å²) in [5.41, 5.74) is 4.00. The maximum atomic E-state index is 13.3. The smallest absolute Gasteiger partial charge is 0.335 e. The maximum absolute atomic E-state index is 13.3.